The Hall–Kier alpha value is -3.06. The number of amides is 1. The number of carbonyl (C=O) groups excluding carboxylic acids is 1. The molecule has 3 aromatic rings. The van der Waals surface area contributed by atoms with Crippen LogP contribution in [0, 0.1) is 5.82 Å². The van der Waals surface area contributed by atoms with Crippen LogP contribution in [-0.2, 0) is 11.8 Å². The molecule has 0 radical (unpaired) electrons. The molecule has 5 nitrogen and oxygen atoms in total. The third kappa shape index (κ3) is 2.78. The van der Waals surface area contributed by atoms with E-state index in [0.29, 0.717) is 10.5 Å². The quantitative estimate of drug-likeness (QED) is 0.708. The summed E-state index contributed by atoms with van der Waals surface area (Å²) in [6, 6.07) is 13.6. The summed E-state index contributed by atoms with van der Waals surface area (Å²) in [5, 5.41) is 13.1. The molecule has 1 amide bonds. The molecule has 25 heavy (non-hydrogen) atoms. The molecular weight excluding hydrogens is 339 g/mol. The minimum atomic E-state index is -0.274. The Balaban J connectivity index is 1.74. The highest BCUT2D eigenvalue weighted by Crippen LogP contribution is 2.23. The zero-order valence-electron chi connectivity index (χ0n) is 13.2. The van der Waals surface area contributed by atoms with E-state index in [2.05, 4.69) is 15.5 Å². The van der Waals surface area contributed by atoms with Gasteiger partial charge in [-0.15, -0.1) is 21.5 Å². The first kappa shape index (κ1) is 15.5. The van der Waals surface area contributed by atoms with E-state index in [9.17, 15) is 9.18 Å². The molecule has 124 valence electrons. The number of benzene rings is 2. The highest BCUT2D eigenvalue weighted by molar-refractivity contribution is 7.07. The minimum absolute atomic E-state index is 0.261. The van der Waals surface area contributed by atoms with Gasteiger partial charge in [0.15, 0.2) is 5.71 Å². The van der Waals surface area contributed by atoms with Crippen LogP contribution in [-0.4, -0.2) is 16.2 Å². The van der Waals surface area contributed by atoms with E-state index in [-0.39, 0.29) is 11.7 Å². The fourth-order valence-electron chi connectivity index (χ4n) is 2.64. The summed E-state index contributed by atoms with van der Waals surface area (Å²) in [7, 11) is 1.86. The predicted molar refractivity (Wildman–Crippen MR) is 95.9 cm³/mol. The van der Waals surface area contributed by atoms with E-state index in [1.165, 1.54) is 23.5 Å². The minimum Gasteiger partial charge on any atom is -0.320 e. The molecule has 7 heteroatoms. The van der Waals surface area contributed by atoms with Crippen molar-refractivity contribution in [1.82, 2.24) is 4.57 Å². The number of nitrogens with one attached hydrogen (secondary N) is 1. The van der Waals surface area contributed by atoms with Crippen molar-refractivity contribution in [2.45, 2.75) is 0 Å². The lowest BCUT2D eigenvalue weighted by atomic mass is 10.1. The maximum atomic E-state index is 13.1. The molecule has 1 aromatic heterocycles. The van der Waals surface area contributed by atoms with Crippen molar-refractivity contribution in [2.24, 2.45) is 17.3 Å². The van der Waals surface area contributed by atoms with Crippen molar-refractivity contribution in [3.63, 3.8) is 0 Å². The Kier molecular flexibility index (Phi) is 3.77. The van der Waals surface area contributed by atoms with Crippen LogP contribution in [0.3, 0.4) is 0 Å². The van der Waals surface area contributed by atoms with E-state index in [1.54, 1.807) is 12.1 Å². The molecule has 1 N–H and O–H groups in total. The van der Waals surface area contributed by atoms with E-state index in [0.717, 1.165) is 22.5 Å². The smallest absolute Gasteiger partial charge is 0.276 e. The molecule has 2 heterocycles. The Morgan fingerprint density at radius 1 is 1.08 bits per heavy atom. The van der Waals surface area contributed by atoms with Gasteiger partial charge in [-0.3, -0.25) is 4.79 Å². The number of hydrogen-bond acceptors (Lipinski definition) is 4. The Bertz CT molecular complexity index is 1060. The molecule has 0 saturated heterocycles. The number of halogens is 1. The average Bonchev–Trinajstić information content (AvgIpc) is 3.13. The summed E-state index contributed by atoms with van der Waals surface area (Å²) < 4.78 is 14.9. The molecule has 1 aliphatic rings. The maximum absolute atomic E-state index is 13.1. The van der Waals surface area contributed by atoms with Crippen molar-refractivity contribution < 1.29 is 9.18 Å². The lowest BCUT2D eigenvalue weighted by molar-refractivity contribution is -0.110. The summed E-state index contributed by atoms with van der Waals surface area (Å²) in [5.41, 5.74) is 3.57. The van der Waals surface area contributed by atoms with Crippen LogP contribution in [0.4, 0.5) is 10.1 Å². The molecule has 0 atom stereocenters. The molecule has 0 saturated carbocycles. The Morgan fingerprint density at radius 3 is 2.64 bits per heavy atom. The van der Waals surface area contributed by atoms with Crippen LogP contribution in [0.5, 0.6) is 0 Å². The van der Waals surface area contributed by atoms with Gasteiger partial charge in [-0.1, -0.05) is 18.2 Å². The molecule has 0 fully saturated rings. The summed E-state index contributed by atoms with van der Waals surface area (Å²) in [5.74, 6) is -0.535. The highest BCUT2D eigenvalue weighted by atomic mass is 32.1. The van der Waals surface area contributed by atoms with Crippen LogP contribution in [0.15, 0.2) is 64.1 Å². The lowest BCUT2D eigenvalue weighted by Gasteiger charge is -2.02. The average molecular weight is 352 g/mol. The summed E-state index contributed by atoms with van der Waals surface area (Å²) >= 11 is 1.40. The second-order valence-electron chi connectivity index (χ2n) is 5.52. The van der Waals surface area contributed by atoms with Crippen LogP contribution in [0.2, 0.25) is 0 Å². The molecular formula is C18H13FN4OS. The fraction of sp³-hybridized carbons (Fsp3) is 0.0556. The van der Waals surface area contributed by atoms with Crippen molar-refractivity contribution in [3.8, 4) is 11.3 Å². The number of anilines is 1. The van der Waals surface area contributed by atoms with Gasteiger partial charge >= 0.3 is 0 Å². The summed E-state index contributed by atoms with van der Waals surface area (Å²) in [4.78, 5) is 12.7. The van der Waals surface area contributed by atoms with Crippen LogP contribution in [0.25, 0.3) is 11.3 Å². The van der Waals surface area contributed by atoms with Gasteiger partial charge in [-0.25, -0.2) is 4.39 Å². The molecule has 1 aliphatic heterocycles. The van der Waals surface area contributed by atoms with E-state index >= 15 is 0 Å². The first-order chi connectivity index (χ1) is 12.1. The van der Waals surface area contributed by atoms with Crippen molar-refractivity contribution >= 4 is 28.6 Å². The van der Waals surface area contributed by atoms with Crippen molar-refractivity contribution in [2.75, 3.05) is 5.32 Å². The summed E-state index contributed by atoms with van der Waals surface area (Å²) in [6.45, 7) is 0. The largest absolute Gasteiger partial charge is 0.320 e. The molecule has 2 aromatic carbocycles. The Labute approximate surface area is 146 Å². The van der Waals surface area contributed by atoms with E-state index in [1.807, 2.05) is 41.3 Å². The molecule has 0 spiro atoms. The van der Waals surface area contributed by atoms with Crippen LogP contribution >= 0.6 is 11.3 Å². The zero-order chi connectivity index (χ0) is 17.4. The third-order valence-corrected chi connectivity index (χ3v) is 4.85. The molecule has 4 rings (SSSR count). The first-order valence-corrected chi connectivity index (χ1v) is 8.44. The second kappa shape index (κ2) is 6.10. The lowest BCUT2D eigenvalue weighted by Crippen LogP contribution is -2.15. The van der Waals surface area contributed by atoms with Gasteiger partial charge in [-0.2, -0.15) is 0 Å². The first-order valence-electron chi connectivity index (χ1n) is 7.56. The number of para-hydroxylation sites is 1. The number of hydrogen-bond donors (Lipinski definition) is 1. The van der Waals surface area contributed by atoms with Crippen LogP contribution < -0.4 is 10.1 Å². The molecule has 0 aliphatic carbocycles. The summed E-state index contributed by atoms with van der Waals surface area (Å²) in [6.07, 6.45) is 0. The molecule has 0 unspecified atom stereocenters. The maximum Gasteiger partial charge on any atom is 0.276 e. The van der Waals surface area contributed by atoms with Gasteiger partial charge in [0.05, 0.1) is 11.4 Å². The Morgan fingerprint density at radius 2 is 1.84 bits per heavy atom. The number of nitrogens with zero attached hydrogens (tertiary/aromatic N) is 3. The number of carbonyl (C=O) groups is 1. The monoisotopic (exact) mass is 352 g/mol. The second-order valence-corrected chi connectivity index (χ2v) is 6.35. The normalized spacial score (nSPS) is 15.5. The third-order valence-electron chi connectivity index (χ3n) is 3.95. The standard InChI is InChI=1S/C18H13FN4OS/c1-23-15(11-6-8-12(19)9-7-11)10-25-18(23)22-21-16-13-4-2-3-5-14(13)20-17(16)24/h2-10H,1H3,(H,20,21,24)/b22-18-. The number of aromatic nitrogens is 1. The van der Waals surface area contributed by atoms with E-state index < -0.39 is 0 Å². The van der Waals surface area contributed by atoms with Gasteiger partial charge in [-0.05, 0) is 35.9 Å². The van der Waals surface area contributed by atoms with Crippen molar-refractivity contribution in [3.05, 3.63) is 70.1 Å². The highest BCUT2D eigenvalue weighted by Gasteiger charge is 2.25. The van der Waals surface area contributed by atoms with Gasteiger partial charge in [0.1, 0.15) is 5.82 Å². The molecule has 0 bridgehead atoms. The number of rotatable bonds is 2. The van der Waals surface area contributed by atoms with Gasteiger partial charge in [0, 0.05) is 18.0 Å². The van der Waals surface area contributed by atoms with Gasteiger partial charge in [0.25, 0.3) is 5.91 Å². The SMILES string of the molecule is Cn1c(-c2ccc(F)cc2)cs/c1=N\N=C1\C(=O)Nc2ccccc21. The fourth-order valence-corrected chi connectivity index (χ4v) is 3.49. The predicted octanol–water partition coefficient (Wildman–Crippen LogP) is 3.15. The number of fused-ring (bicyclic) bond motifs is 1. The van der Waals surface area contributed by atoms with Gasteiger partial charge < -0.3 is 9.88 Å². The van der Waals surface area contributed by atoms with Gasteiger partial charge in [0.2, 0.25) is 4.80 Å². The van der Waals surface area contributed by atoms with Crippen molar-refractivity contribution in [1.29, 1.82) is 0 Å². The topological polar surface area (TPSA) is 58.8 Å². The number of thiazole rings is 1. The van der Waals surface area contributed by atoms with E-state index in [4.69, 9.17) is 0 Å². The zero-order valence-corrected chi connectivity index (χ0v) is 14.0. The van der Waals surface area contributed by atoms with Crippen LogP contribution in [0.1, 0.15) is 5.56 Å².